The average Bonchev–Trinajstić information content (AvgIpc) is 2.65. The van der Waals surface area contributed by atoms with E-state index in [1.165, 1.54) is 0 Å². The van der Waals surface area contributed by atoms with Crippen LogP contribution in [0.25, 0.3) is 0 Å². The van der Waals surface area contributed by atoms with Crippen molar-refractivity contribution in [3.8, 4) is 5.75 Å². The molecule has 0 aliphatic heterocycles. The fourth-order valence-electron chi connectivity index (χ4n) is 2.22. The summed E-state index contributed by atoms with van der Waals surface area (Å²) >= 11 is 12.3. The highest BCUT2D eigenvalue weighted by molar-refractivity contribution is 6.32. The summed E-state index contributed by atoms with van der Waals surface area (Å²) in [5, 5.41) is 5.57. The molecule has 108 valence electrons. The third-order valence-corrected chi connectivity index (χ3v) is 3.99. The summed E-state index contributed by atoms with van der Waals surface area (Å²) in [7, 11) is 3.47. The molecule has 1 aromatic heterocycles. The third kappa shape index (κ3) is 2.92. The van der Waals surface area contributed by atoms with Gasteiger partial charge in [0, 0.05) is 30.1 Å². The van der Waals surface area contributed by atoms with Gasteiger partial charge in [-0.05, 0) is 25.1 Å². The minimum Gasteiger partial charge on any atom is -0.496 e. The molecule has 0 amide bonds. The van der Waals surface area contributed by atoms with Crippen LogP contribution in [-0.4, -0.2) is 16.9 Å². The molecule has 1 heterocycles. The molecule has 0 spiro atoms. The molecule has 0 aliphatic rings. The average molecular weight is 314 g/mol. The first kappa shape index (κ1) is 15.2. The van der Waals surface area contributed by atoms with Crippen LogP contribution in [0.2, 0.25) is 10.0 Å². The van der Waals surface area contributed by atoms with Crippen molar-refractivity contribution in [3.05, 3.63) is 45.2 Å². The van der Waals surface area contributed by atoms with Gasteiger partial charge in [0.05, 0.1) is 23.5 Å². The number of nitrogens with two attached hydrogens (primary N) is 1. The number of aromatic nitrogens is 2. The molecule has 1 atom stereocenters. The molecular weight excluding hydrogens is 297 g/mol. The van der Waals surface area contributed by atoms with E-state index in [1.54, 1.807) is 17.9 Å². The Morgan fingerprint density at radius 1 is 1.40 bits per heavy atom. The van der Waals surface area contributed by atoms with E-state index in [9.17, 15) is 0 Å². The lowest BCUT2D eigenvalue weighted by atomic mass is 10.0. The van der Waals surface area contributed by atoms with Crippen LogP contribution in [0.1, 0.15) is 23.0 Å². The van der Waals surface area contributed by atoms with Gasteiger partial charge in [-0.15, -0.1) is 0 Å². The van der Waals surface area contributed by atoms with Crippen molar-refractivity contribution in [2.24, 2.45) is 12.8 Å². The van der Waals surface area contributed by atoms with Crippen LogP contribution in [-0.2, 0) is 13.5 Å². The van der Waals surface area contributed by atoms with Crippen LogP contribution in [0.15, 0.2) is 18.2 Å². The topological polar surface area (TPSA) is 53.1 Å². The Kier molecular flexibility index (Phi) is 4.58. The van der Waals surface area contributed by atoms with E-state index >= 15 is 0 Å². The summed E-state index contributed by atoms with van der Waals surface area (Å²) in [4.78, 5) is 0. The Morgan fingerprint density at radius 3 is 2.65 bits per heavy atom. The van der Waals surface area contributed by atoms with E-state index in [0.717, 1.165) is 22.7 Å². The molecule has 1 unspecified atom stereocenters. The summed E-state index contributed by atoms with van der Waals surface area (Å²) in [6.45, 7) is 1.87. The molecular formula is C14H17Cl2N3O. The zero-order chi connectivity index (χ0) is 14.9. The molecule has 20 heavy (non-hydrogen) atoms. The fraction of sp³-hybridized carbons (Fsp3) is 0.357. The van der Waals surface area contributed by atoms with Crippen LogP contribution in [0.5, 0.6) is 5.75 Å². The molecule has 0 fully saturated rings. The van der Waals surface area contributed by atoms with Gasteiger partial charge in [-0.2, -0.15) is 5.10 Å². The van der Waals surface area contributed by atoms with Gasteiger partial charge in [0.25, 0.3) is 0 Å². The Balaban J connectivity index is 2.32. The van der Waals surface area contributed by atoms with Crippen LogP contribution < -0.4 is 10.5 Å². The number of halogens is 2. The zero-order valence-corrected chi connectivity index (χ0v) is 13.2. The van der Waals surface area contributed by atoms with Crippen molar-refractivity contribution in [2.45, 2.75) is 19.4 Å². The third-order valence-electron chi connectivity index (χ3n) is 3.27. The van der Waals surface area contributed by atoms with Crippen molar-refractivity contribution in [2.75, 3.05) is 7.11 Å². The van der Waals surface area contributed by atoms with Gasteiger partial charge in [-0.3, -0.25) is 4.68 Å². The first-order valence-corrected chi connectivity index (χ1v) is 6.96. The van der Waals surface area contributed by atoms with Crippen molar-refractivity contribution in [1.29, 1.82) is 0 Å². The van der Waals surface area contributed by atoms with Gasteiger partial charge >= 0.3 is 0 Å². The van der Waals surface area contributed by atoms with Crippen LogP contribution in [0, 0.1) is 6.92 Å². The van der Waals surface area contributed by atoms with Gasteiger partial charge in [-0.25, -0.2) is 0 Å². The maximum absolute atomic E-state index is 6.28. The van der Waals surface area contributed by atoms with Crippen molar-refractivity contribution in [1.82, 2.24) is 9.78 Å². The Morgan fingerprint density at radius 2 is 2.10 bits per heavy atom. The lowest BCUT2D eigenvalue weighted by molar-refractivity contribution is 0.405. The predicted octanol–water partition coefficient (Wildman–Crippen LogP) is 3.29. The van der Waals surface area contributed by atoms with Gasteiger partial charge in [0.1, 0.15) is 5.75 Å². The minimum atomic E-state index is -0.268. The number of nitrogens with zero attached hydrogens (tertiary/aromatic N) is 2. The maximum atomic E-state index is 6.28. The number of hydrogen-bond acceptors (Lipinski definition) is 3. The number of benzene rings is 1. The van der Waals surface area contributed by atoms with E-state index < -0.39 is 0 Å². The highest BCUT2D eigenvalue weighted by Gasteiger charge is 2.18. The van der Waals surface area contributed by atoms with Gasteiger partial charge in [0.2, 0.25) is 0 Å². The molecule has 2 N–H and O–H groups in total. The maximum Gasteiger partial charge on any atom is 0.123 e. The van der Waals surface area contributed by atoms with E-state index in [-0.39, 0.29) is 6.04 Å². The monoisotopic (exact) mass is 313 g/mol. The summed E-state index contributed by atoms with van der Waals surface area (Å²) in [6, 6.07) is 5.14. The van der Waals surface area contributed by atoms with Crippen molar-refractivity contribution in [3.63, 3.8) is 0 Å². The molecule has 0 radical (unpaired) electrons. The van der Waals surface area contributed by atoms with Gasteiger partial charge in [-0.1, -0.05) is 23.2 Å². The summed E-state index contributed by atoms with van der Waals surface area (Å²) in [6.07, 6.45) is 0.562. The highest BCUT2D eigenvalue weighted by Crippen LogP contribution is 2.31. The molecule has 0 bridgehead atoms. The Labute approximate surface area is 128 Å². The van der Waals surface area contributed by atoms with E-state index in [0.29, 0.717) is 16.5 Å². The second-order valence-electron chi connectivity index (χ2n) is 4.67. The number of aryl methyl sites for hydroxylation is 2. The second-order valence-corrected chi connectivity index (χ2v) is 5.48. The van der Waals surface area contributed by atoms with Crippen molar-refractivity contribution >= 4 is 23.2 Å². The smallest absolute Gasteiger partial charge is 0.123 e. The van der Waals surface area contributed by atoms with Crippen LogP contribution in [0.3, 0.4) is 0 Å². The van der Waals surface area contributed by atoms with Crippen LogP contribution in [0.4, 0.5) is 0 Å². The molecule has 6 heteroatoms. The first-order valence-electron chi connectivity index (χ1n) is 6.21. The quantitative estimate of drug-likeness (QED) is 0.942. The Bertz CT molecular complexity index is 625. The lowest BCUT2D eigenvalue weighted by Crippen LogP contribution is -2.16. The standard InChI is InChI=1S/C14H17Cl2N3O/c1-8-14(16)12(19(2)18-8)7-11(17)10-6-9(15)4-5-13(10)20-3/h4-6,11H,7,17H2,1-3H3. The molecule has 2 rings (SSSR count). The summed E-state index contributed by atoms with van der Waals surface area (Å²) < 4.78 is 7.09. The molecule has 0 saturated carbocycles. The van der Waals surface area contributed by atoms with Gasteiger partial charge in [0.15, 0.2) is 0 Å². The highest BCUT2D eigenvalue weighted by atomic mass is 35.5. The molecule has 2 aromatic rings. The Hall–Kier alpha value is -1.23. The largest absolute Gasteiger partial charge is 0.496 e. The van der Waals surface area contributed by atoms with Crippen LogP contribution >= 0.6 is 23.2 Å². The zero-order valence-electron chi connectivity index (χ0n) is 11.7. The normalized spacial score (nSPS) is 12.5. The van der Waals surface area contributed by atoms with E-state index in [1.807, 2.05) is 26.1 Å². The SMILES string of the molecule is COc1ccc(Cl)cc1C(N)Cc1c(Cl)c(C)nn1C. The number of ether oxygens (including phenoxy) is 1. The number of rotatable bonds is 4. The summed E-state index contributed by atoms with van der Waals surface area (Å²) in [5.74, 6) is 0.719. The fourth-order valence-corrected chi connectivity index (χ4v) is 2.63. The summed E-state index contributed by atoms with van der Waals surface area (Å²) in [5.41, 5.74) is 8.84. The second kappa shape index (κ2) is 6.04. The molecule has 0 aliphatic carbocycles. The van der Waals surface area contributed by atoms with Crippen molar-refractivity contribution < 1.29 is 4.74 Å². The first-order chi connectivity index (χ1) is 9.43. The van der Waals surface area contributed by atoms with Gasteiger partial charge < -0.3 is 10.5 Å². The minimum absolute atomic E-state index is 0.268. The molecule has 4 nitrogen and oxygen atoms in total. The number of methoxy groups -OCH3 is 1. The van der Waals surface area contributed by atoms with E-state index in [2.05, 4.69) is 5.10 Å². The molecule has 0 saturated heterocycles. The predicted molar refractivity (Wildman–Crippen MR) is 81.6 cm³/mol. The lowest BCUT2D eigenvalue weighted by Gasteiger charge is -2.16. The molecule has 1 aromatic carbocycles. The van der Waals surface area contributed by atoms with E-state index in [4.69, 9.17) is 33.7 Å². The number of hydrogen-bond donors (Lipinski definition) is 1.